The number of hydrogen-bond acceptors (Lipinski definition) is 1. The molecular weight excluding hydrogens is 256 g/mol. The Kier molecular flexibility index (Phi) is 4.23. The lowest BCUT2D eigenvalue weighted by Gasteiger charge is -2.60. The van der Waals surface area contributed by atoms with Crippen molar-refractivity contribution < 1.29 is 4.79 Å². The quantitative estimate of drug-likeness (QED) is 0.582. The molecule has 0 heterocycles. The van der Waals surface area contributed by atoms with Crippen LogP contribution in [-0.2, 0) is 4.79 Å². The molecule has 4 fully saturated rings. The van der Waals surface area contributed by atoms with Crippen LogP contribution >= 0.6 is 0 Å². The van der Waals surface area contributed by atoms with E-state index in [1.807, 2.05) is 0 Å². The molecular formula is C20H34O. The van der Waals surface area contributed by atoms with Gasteiger partial charge in [-0.1, -0.05) is 46.5 Å². The minimum absolute atomic E-state index is 0.110. The van der Waals surface area contributed by atoms with E-state index in [1.54, 1.807) is 0 Å². The van der Waals surface area contributed by atoms with Gasteiger partial charge in [0.25, 0.3) is 0 Å². The Morgan fingerprint density at radius 3 is 2.33 bits per heavy atom. The van der Waals surface area contributed by atoms with Gasteiger partial charge >= 0.3 is 0 Å². The fraction of sp³-hybridized carbons (Fsp3) is 0.950. The summed E-state index contributed by atoms with van der Waals surface area (Å²) in [6, 6.07) is 0. The van der Waals surface area contributed by atoms with E-state index >= 15 is 0 Å². The first kappa shape index (κ1) is 15.6. The molecule has 1 heteroatoms. The molecule has 0 amide bonds. The molecule has 1 nitrogen and oxygen atoms in total. The Bertz CT molecular complexity index is 383. The fourth-order valence-corrected chi connectivity index (χ4v) is 6.47. The van der Waals surface area contributed by atoms with Crippen molar-refractivity contribution in [3.05, 3.63) is 0 Å². The Hall–Kier alpha value is -0.330. The minimum Gasteiger partial charge on any atom is -0.299 e. The normalized spacial score (nSPS) is 42.2. The molecule has 3 atom stereocenters. The van der Waals surface area contributed by atoms with Gasteiger partial charge in [-0.15, -0.1) is 0 Å². The Morgan fingerprint density at radius 2 is 1.81 bits per heavy atom. The first-order valence-corrected chi connectivity index (χ1v) is 9.52. The first-order chi connectivity index (χ1) is 9.98. The Labute approximate surface area is 131 Å². The van der Waals surface area contributed by atoms with Gasteiger partial charge < -0.3 is 0 Å². The maximum absolute atomic E-state index is 13.2. The predicted octanol–water partition coefficient (Wildman–Crippen LogP) is 5.77. The standard InChI is InChI=1S/C20H34O/c1-4-6-7-15(5-2)9-18(21)20-12-16-8-17(13-20)11-19(3,10-16)14-20/h15-17H,4-14H2,1-3H3. The third kappa shape index (κ3) is 2.94. The molecule has 0 spiro atoms. The van der Waals surface area contributed by atoms with Gasteiger partial charge in [-0.2, -0.15) is 0 Å². The zero-order chi connectivity index (χ0) is 15.1. The molecule has 0 aliphatic heterocycles. The number of ketones is 1. The van der Waals surface area contributed by atoms with Crippen LogP contribution in [0.2, 0.25) is 0 Å². The number of Topliss-reactive ketones (excluding diaryl/α,β-unsaturated/α-hetero) is 1. The molecule has 0 aromatic rings. The molecule has 0 aromatic heterocycles. The van der Waals surface area contributed by atoms with Gasteiger partial charge in [0.2, 0.25) is 0 Å². The van der Waals surface area contributed by atoms with E-state index in [4.69, 9.17) is 0 Å². The molecule has 0 saturated heterocycles. The van der Waals surface area contributed by atoms with Gasteiger partial charge in [-0.25, -0.2) is 0 Å². The van der Waals surface area contributed by atoms with Crippen LogP contribution in [0.5, 0.6) is 0 Å². The van der Waals surface area contributed by atoms with Crippen molar-refractivity contribution in [3.63, 3.8) is 0 Å². The first-order valence-electron chi connectivity index (χ1n) is 9.52. The van der Waals surface area contributed by atoms with E-state index in [1.165, 1.54) is 64.2 Å². The van der Waals surface area contributed by atoms with Crippen LogP contribution in [0.25, 0.3) is 0 Å². The topological polar surface area (TPSA) is 17.1 Å². The second-order valence-electron chi connectivity index (χ2n) is 9.10. The van der Waals surface area contributed by atoms with Crippen molar-refractivity contribution in [3.8, 4) is 0 Å². The molecule has 4 bridgehead atoms. The smallest absolute Gasteiger partial charge is 0.139 e. The van der Waals surface area contributed by atoms with Crippen molar-refractivity contribution in [1.29, 1.82) is 0 Å². The van der Waals surface area contributed by atoms with Crippen molar-refractivity contribution in [2.45, 2.75) is 91.4 Å². The highest BCUT2D eigenvalue weighted by Crippen LogP contribution is 2.65. The number of carbonyl (C=O) groups is 1. The van der Waals surface area contributed by atoms with E-state index in [0.29, 0.717) is 17.1 Å². The highest BCUT2D eigenvalue weighted by molar-refractivity contribution is 5.85. The third-order valence-electron chi connectivity index (χ3n) is 6.96. The second-order valence-corrected chi connectivity index (χ2v) is 9.10. The molecule has 0 radical (unpaired) electrons. The lowest BCUT2D eigenvalue weighted by Crippen LogP contribution is -2.54. The highest BCUT2D eigenvalue weighted by Gasteiger charge is 2.58. The van der Waals surface area contributed by atoms with Gasteiger partial charge in [-0.3, -0.25) is 4.79 Å². The number of rotatable bonds is 7. The van der Waals surface area contributed by atoms with Crippen LogP contribution in [0.4, 0.5) is 0 Å². The summed E-state index contributed by atoms with van der Waals surface area (Å²) in [7, 11) is 0. The van der Waals surface area contributed by atoms with Gasteiger partial charge in [0.05, 0.1) is 0 Å². The van der Waals surface area contributed by atoms with E-state index in [-0.39, 0.29) is 5.41 Å². The largest absolute Gasteiger partial charge is 0.299 e. The Morgan fingerprint density at radius 1 is 1.14 bits per heavy atom. The summed E-state index contributed by atoms with van der Waals surface area (Å²) < 4.78 is 0. The van der Waals surface area contributed by atoms with Crippen molar-refractivity contribution >= 4 is 5.78 Å². The molecule has 4 saturated carbocycles. The third-order valence-corrected chi connectivity index (χ3v) is 6.96. The van der Waals surface area contributed by atoms with Crippen molar-refractivity contribution in [2.24, 2.45) is 28.6 Å². The van der Waals surface area contributed by atoms with E-state index < -0.39 is 0 Å². The van der Waals surface area contributed by atoms with Crippen molar-refractivity contribution in [2.75, 3.05) is 0 Å². The van der Waals surface area contributed by atoms with Crippen molar-refractivity contribution in [1.82, 2.24) is 0 Å². The molecule has 4 aliphatic rings. The van der Waals surface area contributed by atoms with E-state index in [2.05, 4.69) is 20.8 Å². The summed E-state index contributed by atoms with van der Waals surface area (Å²) in [5.41, 5.74) is 0.614. The summed E-state index contributed by atoms with van der Waals surface area (Å²) in [6.45, 7) is 7.00. The summed E-state index contributed by atoms with van der Waals surface area (Å²) in [4.78, 5) is 13.2. The molecule has 4 aliphatic carbocycles. The molecule has 0 aromatic carbocycles. The summed E-state index contributed by atoms with van der Waals surface area (Å²) in [5.74, 6) is 3.05. The lowest BCUT2D eigenvalue weighted by molar-refractivity contribution is -0.154. The molecule has 0 N–H and O–H groups in total. The van der Waals surface area contributed by atoms with Crippen LogP contribution in [-0.4, -0.2) is 5.78 Å². The van der Waals surface area contributed by atoms with Gasteiger partial charge in [0.15, 0.2) is 0 Å². The monoisotopic (exact) mass is 290 g/mol. The van der Waals surface area contributed by atoms with Gasteiger partial charge in [0, 0.05) is 11.8 Å². The predicted molar refractivity (Wildman–Crippen MR) is 88.2 cm³/mol. The zero-order valence-corrected chi connectivity index (χ0v) is 14.4. The summed E-state index contributed by atoms with van der Waals surface area (Å²) in [6.07, 6.45) is 13.8. The summed E-state index contributed by atoms with van der Waals surface area (Å²) >= 11 is 0. The zero-order valence-electron chi connectivity index (χ0n) is 14.4. The molecule has 21 heavy (non-hydrogen) atoms. The van der Waals surface area contributed by atoms with E-state index in [9.17, 15) is 4.79 Å². The summed E-state index contributed by atoms with van der Waals surface area (Å²) in [5, 5.41) is 0. The maximum Gasteiger partial charge on any atom is 0.139 e. The van der Waals surface area contributed by atoms with Crippen LogP contribution in [0.3, 0.4) is 0 Å². The average molecular weight is 290 g/mol. The highest BCUT2D eigenvalue weighted by atomic mass is 16.1. The van der Waals surface area contributed by atoms with Gasteiger partial charge in [-0.05, 0) is 61.7 Å². The maximum atomic E-state index is 13.2. The fourth-order valence-electron chi connectivity index (χ4n) is 6.47. The number of carbonyl (C=O) groups excluding carboxylic acids is 1. The van der Waals surface area contributed by atoms with Crippen LogP contribution < -0.4 is 0 Å². The van der Waals surface area contributed by atoms with Crippen LogP contribution in [0, 0.1) is 28.6 Å². The van der Waals surface area contributed by atoms with Crippen LogP contribution in [0.15, 0.2) is 0 Å². The number of hydrogen-bond donors (Lipinski definition) is 0. The SMILES string of the molecule is CCCCC(CC)CC(=O)C12CC3CC(CC(C)(C3)C1)C2. The number of unbranched alkanes of at least 4 members (excludes halogenated alkanes) is 1. The minimum atomic E-state index is 0.110. The average Bonchev–Trinajstić information content (AvgIpc) is 2.40. The Balaban J connectivity index is 1.69. The van der Waals surface area contributed by atoms with Gasteiger partial charge in [0.1, 0.15) is 5.78 Å². The lowest BCUT2D eigenvalue weighted by atomic mass is 9.43. The second kappa shape index (κ2) is 5.70. The molecule has 4 rings (SSSR count). The molecule has 120 valence electrons. The van der Waals surface area contributed by atoms with Crippen LogP contribution in [0.1, 0.15) is 91.4 Å². The molecule has 3 unspecified atom stereocenters. The van der Waals surface area contributed by atoms with E-state index in [0.717, 1.165) is 18.3 Å².